The second-order valence-electron chi connectivity index (χ2n) is 6.35. The molecule has 0 aromatic heterocycles. The Labute approximate surface area is 189 Å². The van der Waals surface area contributed by atoms with Gasteiger partial charge in [-0.3, -0.25) is 14.9 Å². The van der Waals surface area contributed by atoms with Crippen LogP contribution in [0.1, 0.15) is 10.4 Å². The van der Waals surface area contributed by atoms with Crippen molar-refractivity contribution in [2.45, 2.75) is 0 Å². The fraction of sp³-hybridized carbons (Fsp3) is 0.250. The summed E-state index contributed by atoms with van der Waals surface area (Å²) in [5.74, 6) is -0.146. The zero-order valence-corrected chi connectivity index (χ0v) is 18.1. The Hall–Kier alpha value is -2.39. The summed E-state index contributed by atoms with van der Waals surface area (Å²) in [5, 5.41) is 6.30. The number of carbonyl (C=O) groups excluding carboxylic acids is 2. The Bertz CT molecular complexity index is 934. The smallest absolute Gasteiger partial charge is 0.264 e. The second kappa shape index (κ2) is 10.6. The highest BCUT2D eigenvalue weighted by Crippen LogP contribution is 2.27. The van der Waals surface area contributed by atoms with E-state index in [1.807, 2.05) is 0 Å². The van der Waals surface area contributed by atoms with Crippen molar-refractivity contribution in [3.63, 3.8) is 0 Å². The quantitative estimate of drug-likeness (QED) is 0.656. The van der Waals surface area contributed by atoms with E-state index in [1.54, 1.807) is 41.3 Å². The molecule has 1 heterocycles. The molecular formula is C20H19Cl2N3O4S. The number of ether oxygens (including phenoxy) is 2. The molecule has 0 bridgehead atoms. The van der Waals surface area contributed by atoms with Gasteiger partial charge in [0.15, 0.2) is 11.7 Å². The van der Waals surface area contributed by atoms with Crippen LogP contribution in [0.5, 0.6) is 5.75 Å². The first-order valence-corrected chi connectivity index (χ1v) is 10.2. The van der Waals surface area contributed by atoms with Crippen LogP contribution in [0.3, 0.4) is 0 Å². The first-order chi connectivity index (χ1) is 14.4. The molecule has 0 radical (unpaired) electrons. The van der Waals surface area contributed by atoms with Crippen molar-refractivity contribution >= 4 is 58.0 Å². The number of amides is 2. The van der Waals surface area contributed by atoms with Crippen molar-refractivity contribution in [3.8, 4) is 5.75 Å². The molecule has 2 aromatic carbocycles. The minimum atomic E-state index is -0.447. The number of morpholine rings is 1. The number of nitrogens with one attached hydrogen (secondary N) is 2. The molecule has 7 nitrogen and oxygen atoms in total. The number of benzene rings is 2. The molecule has 2 N–H and O–H groups in total. The van der Waals surface area contributed by atoms with Crippen LogP contribution in [0, 0.1) is 0 Å². The number of hydrogen-bond acceptors (Lipinski definition) is 5. The molecule has 10 heteroatoms. The van der Waals surface area contributed by atoms with E-state index in [4.69, 9.17) is 44.9 Å². The zero-order valence-electron chi connectivity index (χ0n) is 15.8. The summed E-state index contributed by atoms with van der Waals surface area (Å²) in [6, 6.07) is 11.6. The lowest BCUT2D eigenvalue weighted by Gasteiger charge is -2.26. The zero-order chi connectivity index (χ0) is 21.5. The lowest BCUT2D eigenvalue weighted by molar-refractivity contribution is -0.121. The predicted octanol–water partition coefficient (Wildman–Crippen LogP) is 3.36. The van der Waals surface area contributed by atoms with Crippen LogP contribution in [0.25, 0.3) is 0 Å². The summed E-state index contributed by atoms with van der Waals surface area (Å²) in [4.78, 5) is 26.2. The van der Waals surface area contributed by atoms with Gasteiger partial charge in [-0.15, -0.1) is 0 Å². The summed E-state index contributed by atoms with van der Waals surface area (Å²) in [6.07, 6.45) is 0. The highest BCUT2D eigenvalue weighted by molar-refractivity contribution is 7.80. The summed E-state index contributed by atoms with van der Waals surface area (Å²) in [5.41, 5.74) is 1.21. The Morgan fingerprint density at radius 3 is 2.47 bits per heavy atom. The molecular weight excluding hydrogens is 449 g/mol. The molecule has 1 aliphatic heterocycles. The normalized spacial score (nSPS) is 13.5. The fourth-order valence-electron chi connectivity index (χ4n) is 2.71. The highest BCUT2D eigenvalue weighted by Gasteiger charge is 2.18. The van der Waals surface area contributed by atoms with Gasteiger partial charge in [0.2, 0.25) is 0 Å². The number of rotatable bonds is 5. The van der Waals surface area contributed by atoms with E-state index in [9.17, 15) is 9.59 Å². The fourth-order valence-corrected chi connectivity index (χ4v) is 3.40. The van der Waals surface area contributed by atoms with Gasteiger partial charge >= 0.3 is 0 Å². The van der Waals surface area contributed by atoms with E-state index in [-0.39, 0.29) is 17.6 Å². The van der Waals surface area contributed by atoms with Gasteiger partial charge in [-0.1, -0.05) is 23.2 Å². The number of anilines is 1. The van der Waals surface area contributed by atoms with Crippen LogP contribution >= 0.6 is 35.4 Å². The topological polar surface area (TPSA) is 79.9 Å². The van der Waals surface area contributed by atoms with Crippen LogP contribution in [0.4, 0.5) is 5.69 Å². The lowest BCUT2D eigenvalue weighted by atomic mass is 10.1. The molecule has 0 unspecified atom stereocenters. The number of halogens is 2. The standard InChI is InChI=1S/C20H19Cl2N3O4S/c21-14-3-6-17(16(22)11-14)29-12-18(26)24-20(30)23-15-4-1-13(2-5-15)19(27)25-7-9-28-10-8-25/h1-6,11H,7-10,12H2,(H2,23,24,26,30). The molecule has 0 atom stereocenters. The summed E-state index contributed by atoms with van der Waals surface area (Å²) < 4.78 is 10.6. The largest absolute Gasteiger partial charge is 0.482 e. The van der Waals surface area contributed by atoms with Gasteiger partial charge in [0.25, 0.3) is 11.8 Å². The molecule has 3 rings (SSSR count). The average molecular weight is 468 g/mol. The van der Waals surface area contributed by atoms with Gasteiger partial charge < -0.3 is 19.7 Å². The van der Waals surface area contributed by atoms with Gasteiger partial charge in [0.1, 0.15) is 5.75 Å². The monoisotopic (exact) mass is 467 g/mol. The first-order valence-electron chi connectivity index (χ1n) is 9.08. The van der Waals surface area contributed by atoms with Crippen molar-refractivity contribution in [2.24, 2.45) is 0 Å². The van der Waals surface area contributed by atoms with Crippen LogP contribution < -0.4 is 15.4 Å². The Kier molecular flexibility index (Phi) is 7.87. The van der Waals surface area contributed by atoms with E-state index in [0.29, 0.717) is 53.3 Å². The summed E-state index contributed by atoms with van der Waals surface area (Å²) in [6.45, 7) is 1.99. The maximum Gasteiger partial charge on any atom is 0.264 e. The molecule has 2 amide bonds. The molecule has 30 heavy (non-hydrogen) atoms. The summed E-state index contributed by atoms with van der Waals surface area (Å²) >= 11 is 17.0. The van der Waals surface area contributed by atoms with Crippen molar-refractivity contribution in [1.29, 1.82) is 0 Å². The summed E-state index contributed by atoms with van der Waals surface area (Å²) in [7, 11) is 0. The molecule has 1 fully saturated rings. The number of hydrogen-bond donors (Lipinski definition) is 2. The van der Waals surface area contributed by atoms with Crippen molar-refractivity contribution in [1.82, 2.24) is 10.2 Å². The minimum Gasteiger partial charge on any atom is -0.482 e. The van der Waals surface area contributed by atoms with Crippen molar-refractivity contribution in [2.75, 3.05) is 38.2 Å². The van der Waals surface area contributed by atoms with Gasteiger partial charge in [0.05, 0.1) is 18.2 Å². The van der Waals surface area contributed by atoms with E-state index in [2.05, 4.69) is 10.6 Å². The minimum absolute atomic E-state index is 0.0428. The maximum atomic E-state index is 12.4. The molecule has 0 spiro atoms. The Morgan fingerprint density at radius 2 is 1.80 bits per heavy atom. The van der Waals surface area contributed by atoms with Crippen LogP contribution in [0.2, 0.25) is 10.0 Å². The number of nitrogens with zero attached hydrogens (tertiary/aromatic N) is 1. The van der Waals surface area contributed by atoms with Gasteiger partial charge in [-0.05, 0) is 54.7 Å². The number of carbonyl (C=O) groups is 2. The molecule has 1 saturated heterocycles. The average Bonchev–Trinajstić information content (AvgIpc) is 2.73. The van der Waals surface area contributed by atoms with Crippen LogP contribution in [0.15, 0.2) is 42.5 Å². The third kappa shape index (κ3) is 6.30. The predicted molar refractivity (Wildman–Crippen MR) is 119 cm³/mol. The Morgan fingerprint density at radius 1 is 1.10 bits per heavy atom. The van der Waals surface area contributed by atoms with E-state index >= 15 is 0 Å². The molecule has 0 aliphatic carbocycles. The molecule has 2 aromatic rings. The van der Waals surface area contributed by atoms with Crippen LogP contribution in [-0.4, -0.2) is 54.7 Å². The van der Waals surface area contributed by atoms with Gasteiger partial charge in [0, 0.05) is 29.4 Å². The van der Waals surface area contributed by atoms with E-state index in [1.165, 1.54) is 6.07 Å². The third-order valence-electron chi connectivity index (χ3n) is 4.19. The number of thiocarbonyl (C=S) groups is 1. The highest BCUT2D eigenvalue weighted by atomic mass is 35.5. The van der Waals surface area contributed by atoms with Gasteiger partial charge in [-0.2, -0.15) is 0 Å². The van der Waals surface area contributed by atoms with Crippen molar-refractivity contribution in [3.05, 3.63) is 58.1 Å². The second-order valence-corrected chi connectivity index (χ2v) is 7.60. The third-order valence-corrected chi connectivity index (χ3v) is 4.93. The lowest BCUT2D eigenvalue weighted by Crippen LogP contribution is -2.40. The van der Waals surface area contributed by atoms with E-state index < -0.39 is 5.91 Å². The molecule has 0 saturated carbocycles. The molecule has 158 valence electrons. The van der Waals surface area contributed by atoms with Gasteiger partial charge in [-0.25, -0.2) is 0 Å². The van der Waals surface area contributed by atoms with Crippen LogP contribution in [-0.2, 0) is 9.53 Å². The maximum absolute atomic E-state index is 12.4. The SMILES string of the molecule is O=C(COc1ccc(Cl)cc1Cl)NC(=S)Nc1ccc(C(=O)N2CCOCC2)cc1. The van der Waals surface area contributed by atoms with Crippen molar-refractivity contribution < 1.29 is 19.1 Å². The Balaban J connectivity index is 1.47. The molecule has 1 aliphatic rings. The first kappa shape index (κ1) is 22.3. The van der Waals surface area contributed by atoms with E-state index in [0.717, 1.165) is 0 Å².